The number of methoxy groups -OCH3 is 1. The van der Waals surface area contributed by atoms with Gasteiger partial charge in [-0.15, -0.1) is 0 Å². The molecule has 27 heavy (non-hydrogen) atoms. The maximum atomic E-state index is 12.9. The normalized spacial score (nSPS) is 10.3. The lowest BCUT2D eigenvalue weighted by molar-refractivity contribution is 0.0786. The SMILES string of the molecule is COc1ccc(Nc2ccccc2C(=O)N(C)Cc2ccc(Cl)nc2)cc1. The van der Waals surface area contributed by atoms with E-state index in [1.54, 1.807) is 31.3 Å². The molecule has 0 bridgehead atoms. The van der Waals surface area contributed by atoms with E-state index in [9.17, 15) is 4.79 Å². The summed E-state index contributed by atoms with van der Waals surface area (Å²) in [5.41, 5.74) is 3.13. The van der Waals surface area contributed by atoms with Gasteiger partial charge in [-0.3, -0.25) is 4.79 Å². The molecule has 0 aliphatic rings. The van der Waals surface area contributed by atoms with Crippen molar-refractivity contribution in [3.8, 4) is 5.75 Å². The molecular formula is C21H20ClN3O2. The molecule has 0 unspecified atom stereocenters. The molecule has 3 rings (SSSR count). The topological polar surface area (TPSA) is 54.5 Å². The molecule has 0 atom stereocenters. The van der Waals surface area contributed by atoms with E-state index < -0.39 is 0 Å². The van der Waals surface area contributed by atoms with Crippen LogP contribution in [0, 0.1) is 0 Å². The van der Waals surface area contributed by atoms with E-state index in [2.05, 4.69) is 10.3 Å². The van der Waals surface area contributed by atoms with Crippen LogP contribution in [0.5, 0.6) is 5.75 Å². The van der Waals surface area contributed by atoms with E-state index in [0.29, 0.717) is 17.3 Å². The van der Waals surface area contributed by atoms with Gasteiger partial charge in [0.15, 0.2) is 0 Å². The number of aromatic nitrogens is 1. The summed E-state index contributed by atoms with van der Waals surface area (Å²) in [6, 6.07) is 18.6. The number of carbonyl (C=O) groups excluding carboxylic acids is 1. The van der Waals surface area contributed by atoms with Crippen molar-refractivity contribution in [2.24, 2.45) is 0 Å². The van der Waals surface area contributed by atoms with Gasteiger partial charge in [-0.25, -0.2) is 4.98 Å². The number of rotatable bonds is 6. The molecule has 5 nitrogen and oxygen atoms in total. The van der Waals surface area contributed by atoms with Gasteiger partial charge in [-0.05, 0) is 48.0 Å². The third kappa shape index (κ3) is 4.77. The predicted molar refractivity (Wildman–Crippen MR) is 108 cm³/mol. The van der Waals surface area contributed by atoms with Crippen molar-refractivity contribution in [3.63, 3.8) is 0 Å². The second-order valence-corrected chi connectivity index (χ2v) is 6.44. The molecular weight excluding hydrogens is 362 g/mol. The Hall–Kier alpha value is -3.05. The van der Waals surface area contributed by atoms with E-state index in [0.717, 1.165) is 22.7 Å². The van der Waals surface area contributed by atoms with Gasteiger partial charge in [0.05, 0.1) is 18.4 Å². The summed E-state index contributed by atoms with van der Waals surface area (Å²) in [5, 5.41) is 3.73. The lowest BCUT2D eigenvalue weighted by atomic mass is 10.1. The molecule has 0 saturated carbocycles. The van der Waals surface area contributed by atoms with Gasteiger partial charge < -0.3 is 15.0 Å². The number of nitrogens with zero attached hydrogens (tertiary/aromatic N) is 2. The number of para-hydroxylation sites is 1. The zero-order valence-corrected chi connectivity index (χ0v) is 15.9. The fourth-order valence-electron chi connectivity index (χ4n) is 2.66. The summed E-state index contributed by atoms with van der Waals surface area (Å²) in [5.74, 6) is 0.697. The lowest BCUT2D eigenvalue weighted by Gasteiger charge is -2.19. The number of hydrogen-bond acceptors (Lipinski definition) is 4. The predicted octanol–water partition coefficient (Wildman–Crippen LogP) is 4.76. The highest BCUT2D eigenvalue weighted by atomic mass is 35.5. The fourth-order valence-corrected chi connectivity index (χ4v) is 2.77. The van der Waals surface area contributed by atoms with E-state index in [1.807, 2.05) is 54.6 Å². The van der Waals surface area contributed by atoms with Crippen molar-refractivity contribution >= 4 is 28.9 Å². The van der Waals surface area contributed by atoms with E-state index in [4.69, 9.17) is 16.3 Å². The molecule has 1 aromatic heterocycles. The minimum atomic E-state index is -0.0819. The molecule has 0 radical (unpaired) electrons. The van der Waals surface area contributed by atoms with Gasteiger partial charge in [0.1, 0.15) is 10.9 Å². The third-order valence-electron chi connectivity index (χ3n) is 4.08. The Morgan fingerprint density at radius 2 is 1.85 bits per heavy atom. The van der Waals surface area contributed by atoms with Crippen LogP contribution in [0.25, 0.3) is 0 Å². The standard InChI is InChI=1S/C21H20ClN3O2/c1-25(14-15-7-12-20(22)23-13-15)21(26)18-5-3-4-6-19(18)24-16-8-10-17(27-2)11-9-16/h3-13,24H,14H2,1-2H3. The van der Waals surface area contributed by atoms with Gasteiger partial charge in [-0.1, -0.05) is 29.8 Å². The van der Waals surface area contributed by atoms with E-state index in [-0.39, 0.29) is 5.91 Å². The molecule has 138 valence electrons. The van der Waals surface area contributed by atoms with Gasteiger partial charge >= 0.3 is 0 Å². The Morgan fingerprint density at radius 1 is 1.11 bits per heavy atom. The average Bonchev–Trinajstić information content (AvgIpc) is 2.70. The molecule has 3 aromatic rings. The minimum absolute atomic E-state index is 0.0819. The second-order valence-electron chi connectivity index (χ2n) is 6.05. The number of amides is 1. The molecule has 0 aliphatic carbocycles. The fraction of sp³-hybridized carbons (Fsp3) is 0.143. The van der Waals surface area contributed by atoms with Crippen molar-refractivity contribution in [3.05, 3.63) is 83.1 Å². The first-order valence-electron chi connectivity index (χ1n) is 8.43. The molecule has 0 spiro atoms. The molecule has 1 heterocycles. The van der Waals surface area contributed by atoms with Gasteiger partial charge in [0.2, 0.25) is 0 Å². The molecule has 1 N–H and O–H groups in total. The smallest absolute Gasteiger partial charge is 0.256 e. The van der Waals surface area contributed by atoms with Crippen LogP contribution in [0.4, 0.5) is 11.4 Å². The maximum Gasteiger partial charge on any atom is 0.256 e. The van der Waals surface area contributed by atoms with Crippen LogP contribution in [-0.4, -0.2) is 29.9 Å². The van der Waals surface area contributed by atoms with Crippen LogP contribution in [0.15, 0.2) is 66.9 Å². The quantitative estimate of drug-likeness (QED) is 0.625. The number of hydrogen-bond donors (Lipinski definition) is 1. The summed E-state index contributed by atoms with van der Waals surface area (Å²) in [7, 11) is 3.39. The maximum absolute atomic E-state index is 12.9. The summed E-state index contributed by atoms with van der Waals surface area (Å²) in [6.45, 7) is 0.444. The Balaban J connectivity index is 1.77. The van der Waals surface area contributed by atoms with Crippen LogP contribution in [0.3, 0.4) is 0 Å². The highest BCUT2D eigenvalue weighted by Crippen LogP contribution is 2.24. The van der Waals surface area contributed by atoms with Crippen molar-refractivity contribution in [2.45, 2.75) is 6.54 Å². The first kappa shape index (κ1) is 18.7. The van der Waals surface area contributed by atoms with Crippen molar-refractivity contribution < 1.29 is 9.53 Å². The Bertz CT molecular complexity index is 911. The Labute approximate surface area is 163 Å². The molecule has 0 aliphatic heterocycles. The van der Waals surface area contributed by atoms with Crippen LogP contribution in [-0.2, 0) is 6.54 Å². The molecule has 1 amide bonds. The van der Waals surface area contributed by atoms with Crippen LogP contribution < -0.4 is 10.1 Å². The highest BCUT2D eigenvalue weighted by molar-refractivity contribution is 6.29. The number of nitrogens with one attached hydrogen (secondary N) is 1. The van der Waals surface area contributed by atoms with Gasteiger partial charge in [-0.2, -0.15) is 0 Å². The third-order valence-corrected chi connectivity index (χ3v) is 4.31. The minimum Gasteiger partial charge on any atom is -0.497 e. The Kier molecular flexibility index (Phi) is 5.94. The highest BCUT2D eigenvalue weighted by Gasteiger charge is 2.16. The van der Waals surface area contributed by atoms with Crippen molar-refractivity contribution in [1.82, 2.24) is 9.88 Å². The monoisotopic (exact) mass is 381 g/mol. The number of ether oxygens (including phenoxy) is 1. The average molecular weight is 382 g/mol. The number of carbonyl (C=O) groups is 1. The summed E-state index contributed by atoms with van der Waals surface area (Å²) in [4.78, 5) is 18.7. The number of pyridine rings is 1. The zero-order chi connectivity index (χ0) is 19.2. The van der Waals surface area contributed by atoms with Crippen LogP contribution >= 0.6 is 11.6 Å². The first-order chi connectivity index (χ1) is 13.1. The Morgan fingerprint density at radius 3 is 2.52 bits per heavy atom. The second kappa shape index (κ2) is 8.56. The largest absolute Gasteiger partial charge is 0.497 e. The van der Waals surface area contributed by atoms with Crippen LogP contribution in [0.1, 0.15) is 15.9 Å². The number of halogens is 1. The van der Waals surface area contributed by atoms with Gasteiger partial charge in [0, 0.05) is 25.5 Å². The molecule has 0 fully saturated rings. The summed E-state index contributed by atoms with van der Waals surface area (Å²) in [6.07, 6.45) is 1.67. The lowest BCUT2D eigenvalue weighted by Crippen LogP contribution is -2.26. The van der Waals surface area contributed by atoms with E-state index in [1.165, 1.54) is 0 Å². The first-order valence-corrected chi connectivity index (χ1v) is 8.80. The van der Waals surface area contributed by atoms with E-state index >= 15 is 0 Å². The van der Waals surface area contributed by atoms with Crippen molar-refractivity contribution in [2.75, 3.05) is 19.5 Å². The summed E-state index contributed by atoms with van der Waals surface area (Å²) >= 11 is 5.82. The van der Waals surface area contributed by atoms with Crippen LogP contribution in [0.2, 0.25) is 5.15 Å². The van der Waals surface area contributed by atoms with Gasteiger partial charge in [0.25, 0.3) is 5.91 Å². The molecule has 2 aromatic carbocycles. The summed E-state index contributed by atoms with van der Waals surface area (Å²) < 4.78 is 5.17. The molecule has 6 heteroatoms. The molecule has 0 saturated heterocycles. The number of benzene rings is 2. The van der Waals surface area contributed by atoms with Crippen molar-refractivity contribution in [1.29, 1.82) is 0 Å². The zero-order valence-electron chi connectivity index (χ0n) is 15.1. The number of anilines is 2.